The third kappa shape index (κ3) is 3.91. The lowest BCUT2D eigenvalue weighted by Crippen LogP contribution is -2.21. The Balaban J connectivity index is 1.87. The predicted octanol–water partition coefficient (Wildman–Crippen LogP) is 4.11. The molecule has 0 fully saturated rings. The van der Waals surface area contributed by atoms with Gasteiger partial charge in [0.15, 0.2) is 0 Å². The van der Waals surface area contributed by atoms with Gasteiger partial charge < -0.3 is 4.74 Å². The van der Waals surface area contributed by atoms with Gasteiger partial charge >= 0.3 is 0 Å². The van der Waals surface area contributed by atoms with Gasteiger partial charge in [-0.2, -0.15) is 10.1 Å². The van der Waals surface area contributed by atoms with E-state index < -0.39 is 0 Å². The highest BCUT2D eigenvalue weighted by Gasteiger charge is 2.28. The molecule has 1 amide bonds. The molecule has 2 aromatic carbocycles. The summed E-state index contributed by atoms with van der Waals surface area (Å²) in [5, 5.41) is 5.82. The van der Waals surface area contributed by atoms with Gasteiger partial charge in [-0.15, -0.1) is 6.42 Å². The van der Waals surface area contributed by atoms with Gasteiger partial charge in [-0.1, -0.05) is 18.1 Å². The first-order chi connectivity index (χ1) is 12.1. The fourth-order valence-corrected chi connectivity index (χ4v) is 2.79. The lowest BCUT2D eigenvalue weighted by molar-refractivity contribution is -0.114. The molecule has 0 unspecified atom stereocenters. The lowest BCUT2D eigenvalue weighted by atomic mass is 10.1. The molecule has 124 valence electrons. The number of carbonyl (C=O) groups is 1. The number of hydrogen-bond donors (Lipinski definition) is 0. The number of nitrogens with zero attached hydrogens (tertiary/aromatic N) is 2. The summed E-state index contributed by atoms with van der Waals surface area (Å²) < 4.78 is 6.53. The number of hydrogen-bond acceptors (Lipinski definition) is 3. The number of ether oxygens (including phenoxy) is 1. The van der Waals surface area contributed by atoms with Crippen LogP contribution in [-0.2, 0) is 4.79 Å². The second kappa shape index (κ2) is 7.53. The quantitative estimate of drug-likeness (QED) is 0.407. The van der Waals surface area contributed by atoms with Gasteiger partial charge in [-0.25, -0.2) is 0 Å². The molecule has 0 radical (unpaired) electrons. The summed E-state index contributed by atoms with van der Waals surface area (Å²) in [6, 6.07) is 15.1. The number of halogens is 1. The Kier molecular flexibility index (Phi) is 5.19. The van der Waals surface area contributed by atoms with Crippen LogP contribution >= 0.6 is 22.6 Å². The van der Waals surface area contributed by atoms with Crippen molar-refractivity contribution in [2.75, 3.05) is 11.6 Å². The molecule has 4 nitrogen and oxygen atoms in total. The van der Waals surface area contributed by atoms with E-state index in [1.54, 1.807) is 0 Å². The zero-order valence-electron chi connectivity index (χ0n) is 13.6. The van der Waals surface area contributed by atoms with E-state index in [0.29, 0.717) is 17.0 Å². The number of anilines is 1. The molecule has 1 heterocycles. The van der Waals surface area contributed by atoms with Gasteiger partial charge in [0.2, 0.25) is 0 Å². The second-order valence-electron chi connectivity index (χ2n) is 5.40. The molecule has 2 aromatic rings. The highest BCUT2D eigenvalue weighted by Crippen LogP contribution is 2.26. The smallest absolute Gasteiger partial charge is 0.280 e. The van der Waals surface area contributed by atoms with Crippen LogP contribution in [0.3, 0.4) is 0 Å². The molecule has 0 aliphatic carbocycles. The van der Waals surface area contributed by atoms with Crippen LogP contribution in [-0.4, -0.2) is 18.2 Å². The van der Waals surface area contributed by atoms with Gasteiger partial charge in [0.05, 0.1) is 17.0 Å². The summed E-state index contributed by atoms with van der Waals surface area (Å²) in [6.07, 6.45) is 7.03. The minimum atomic E-state index is -0.145. The van der Waals surface area contributed by atoms with E-state index in [2.05, 4.69) is 33.6 Å². The van der Waals surface area contributed by atoms with E-state index >= 15 is 0 Å². The summed E-state index contributed by atoms with van der Waals surface area (Å²) in [5.41, 5.74) is 2.85. The topological polar surface area (TPSA) is 41.9 Å². The van der Waals surface area contributed by atoms with Gasteiger partial charge in [-0.3, -0.25) is 4.79 Å². The highest BCUT2D eigenvalue weighted by molar-refractivity contribution is 14.1. The van der Waals surface area contributed by atoms with Crippen LogP contribution in [0.2, 0.25) is 0 Å². The molecule has 0 saturated heterocycles. The van der Waals surface area contributed by atoms with E-state index in [0.717, 1.165) is 14.8 Å². The first-order valence-corrected chi connectivity index (χ1v) is 8.70. The van der Waals surface area contributed by atoms with Crippen molar-refractivity contribution >= 4 is 46.0 Å². The monoisotopic (exact) mass is 442 g/mol. The van der Waals surface area contributed by atoms with Crippen molar-refractivity contribution in [1.82, 2.24) is 0 Å². The zero-order valence-corrected chi connectivity index (χ0v) is 15.7. The number of rotatable bonds is 4. The molecule has 0 bridgehead atoms. The molecule has 5 heteroatoms. The van der Waals surface area contributed by atoms with Crippen LogP contribution in [0, 0.1) is 15.9 Å². The third-order valence-corrected chi connectivity index (χ3v) is 4.34. The minimum Gasteiger partial charge on any atom is -0.481 e. The van der Waals surface area contributed by atoms with Crippen LogP contribution in [0.15, 0.2) is 59.2 Å². The molecule has 0 spiro atoms. The number of amides is 1. The van der Waals surface area contributed by atoms with Crippen LogP contribution in [0.1, 0.15) is 12.5 Å². The summed E-state index contributed by atoms with van der Waals surface area (Å²) in [4.78, 5) is 12.7. The van der Waals surface area contributed by atoms with Gasteiger partial charge in [0, 0.05) is 3.57 Å². The molecule has 0 atom stereocenters. The highest BCUT2D eigenvalue weighted by atomic mass is 127. The van der Waals surface area contributed by atoms with Crippen molar-refractivity contribution in [3.63, 3.8) is 0 Å². The Bertz CT molecular complexity index is 908. The van der Waals surface area contributed by atoms with Crippen molar-refractivity contribution in [2.45, 2.75) is 6.92 Å². The molecule has 0 aromatic heterocycles. The molecular weight excluding hydrogens is 427 g/mol. The normalized spacial score (nSPS) is 15.2. The largest absolute Gasteiger partial charge is 0.481 e. The minimum absolute atomic E-state index is 0.145. The van der Waals surface area contributed by atoms with Crippen LogP contribution in [0.5, 0.6) is 5.75 Å². The fourth-order valence-electron chi connectivity index (χ4n) is 2.43. The first-order valence-electron chi connectivity index (χ1n) is 7.62. The molecule has 25 heavy (non-hydrogen) atoms. The maximum absolute atomic E-state index is 12.7. The van der Waals surface area contributed by atoms with E-state index in [-0.39, 0.29) is 12.5 Å². The van der Waals surface area contributed by atoms with E-state index in [1.807, 2.05) is 61.5 Å². The average Bonchev–Trinajstić information content (AvgIpc) is 2.89. The number of hydrazone groups is 1. The van der Waals surface area contributed by atoms with Crippen LogP contribution in [0.4, 0.5) is 5.69 Å². The van der Waals surface area contributed by atoms with Gasteiger partial charge in [0.25, 0.3) is 5.91 Å². The zero-order chi connectivity index (χ0) is 17.8. The lowest BCUT2D eigenvalue weighted by Gasteiger charge is -2.11. The Labute approximate surface area is 160 Å². The van der Waals surface area contributed by atoms with E-state index in [4.69, 9.17) is 11.2 Å². The van der Waals surface area contributed by atoms with E-state index in [1.165, 1.54) is 5.01 Å². The third-order valence-electron chi connectivity index (χ3n) is 3.63. The summed E-state index contributed by atoms with van der Waals surface area (Å²) in [7, 11) is 0. The van der Waals surface area contributed by atoms with Crippen molar-refractivity contribution in [2.24, 2.45) is 5.10 Å². The molecule has 1 aliphatic rings. The summed E-state index contributed by atoms with van der Waals surface area (Å²) in [6.45, 7) is 2.04. The summed E-state index contributed by atoms with van der Waals surface area (Å²) in [5.74, 6) is 2.96. The molecule has 0 saturated carbocycles. The van der Waals surface area contributed by atoms with Gasteiger partial charge in [0.1, 0.15) is 12.4 Å². The number of terminal acetylenes is 1. The average molecular weight is 442 g/mol. The Hall–Kier alpha value is -2.59. The Morgan fingerprint density at radius 2 is 2.04 bits per heavy atom. The van der Waals surface area contributed by atoms with Crippen molar-refractivity contribution in [3.8, 4) is 18.1 Å². The van der Waals surface area contributed by atoms with Crippen LogP contribution < -0.4 is 9.75 Å². The molecular formula is C20H15IN2O2. The first kappa shape index (κ1) is 17.2. The molecule has 1 aliphatic heterocycles. The molecule has 3 rings (SSSR count). The number of carbonyl (C=O) groups excluding carboxylic acids is 1. The second-order valence-corrected chi connectivity index (χ2v) is 6.65. The SMILES string of the molecule is C#CCOc1cccc(/C=C2/C(=O)N(c3ccc(I)cc3)N=C2C)c1. The Morgan fingerprint density at radius 1 is 1.28 bits per heavy atom. The van der Waals surface area contributed by atoms with Crippen molar-refractivity contribution in [1.29, 1.82) is 0 Å². The maximum atomic E-state index is 12.7. The van der Waals surface area contributed by atoms with E-state index in [9.17, 15) is 4.79 Å². The number of benzene rings is 2. The molecule has 0 N–H and O–H groups in total. The predicted molar refractivity (Wildman–Crippen MR) is 109 cm³/mol. The van der Waals surface area contributed by atoms with Gasteiger partial charge in [-0.05, 0) is 77.6 Å². The van der Waals surface area contributed by atoms with Crippen molar-refractivity contribution < 1.29 is 9.53 Å². The standard InChI is InChI=1S/C20H15IN2O2/c1-3-11-25-18-6-4-5-15(12-18)13-19-14(2)22-23(20(19)24)17-9-7-16(21)8-10-17/h1,4-10,12-13H,11H2,2H3/b19-13+. The fraction of sp³-hybridized carbons (Fsp3) is 0.100. The maximum Gasteiger partial charge on any atom is 0.280 e. The van der Waals surface area contributed by atoms with Crippen LogP contribution in [0.25, 0.3) is 6.08 Å². The van der Waals surface area contributed by atoms with Crippen molar-refractivity contribution in [3.05, 3.63) is 63.2 Å². The summed E-state index contributed by atoms with van der Waals surface area (Å²) >= 11 is 2.23. The Morgan fingerprint density at radius 3 is 2.76 bits per heavy atom.